The van der Waals surface area contributed by atoms with E-state index in [9.17, 15) is 0 Å². The van der Waals surface area contributed by atoms with Gasteiger partial charge in [-0.3, -0.25) is 5.41 Å². The van der Waals surface area contributed by atoms with Gasteiger partial charge in [0, 0.05) is 5.56 Å². The van der Waals surface area contributed by atoms with Crippen LogP contribution in [0.5, 0.6) is 0 Å². The molecule has 1 aromatic rings. The van der Waals surface area contributed by atoms with Crippen molar-refractivity contribution in [3.8, 4) is 0 Å². The first-order valence-electron chi connectivity index (χ1n) is 4.27. The lowest BCUT2D eigenvalue weighted by Crippen LogP contribution is -1.99. The molecule has 0 heterocycles. The fourth-order valence-corrected chi connectivity index (χ4v) is 1.75. The van der Waals surface area contributed by atoms with Crippen LogP contribution in [0.4, 0.5) is 0 Å². The van der Waals surface area contributed by atoms with E-state index < -0.39 is 0 Å². The fourth-order valence-electron chi connectivity index (χ4n) is 1.31. The first kappa shape index (κ1) is 10.3. The monoisotopic (exact) mass is 193 g/mol. The lowest BCUT2D eigenvalue weighted by atomic mass is 9.99. The number of rotatable bonds is 1. The van der Waals surface area contributed by atoms with E-state index in [1.165, 1.54) is 28.5 Å². The van der Waals surface area contributed by atoms with E-state index in [0.29, 0.717) is 5.04 Å². The van der Waals surface area contributed by atoms with Crippen molar-refractivity contribution < 1.29 is 0 Å². The third-order valence-corrected chi connectivity index (χ3v) is 3.13. The Hall–Kier alpha value is -0.760. The molecule has 0 atom stereocenters. The smallest absolute Gasteiger partial charge is 0.0942 e. The highest BCUT2D eigenvalue weighted by atomic mass is 32.2. The van der Waals surface area contributed by atoms with Crippen LogP contribution >= 0.6 is 11.8 Å². The third-order valence-electron chi connectivity index (χ3n) is 2.51. The van der Waals surface area contributed by atoms with Gasteiger partial charge in [0.05, 0.1) is 5.04 Å². The minimum atomic E-state index is 0.653. The van der Waals surface area contributed by atoms with Crippen LogP contribution in [-0.2, 0) is 0 Å². The second-order valence-corrected chi connectivity index (χ2v) is 4.03. The molecule has 2 heteroatoms. The molecule has 1 rings (SSSR count). The quantitative estimate of drug-likeness (QED) is 0.537. The molecule has 1 N–H and O–H groups in total. The summed E-state index contributed by atoms with van der Waals surface area (Å²) in [4.78, 5) is 0. The maximum atomic E-state index is 7.75. The summed E-state index contributed by atoms with van der Waals surface area (Å²) in [6.45, 7) is 6.30. The molecule has 0 aliphatic heterocycles. The number of nitrogens with one attached hydrogen (secondary N) is 1. The SMILES string of the molecule is CSC(=N)c1ccc(C)c(C)c1C. The molecule has 0 saturated heterocycles. The van der Waals surface area contributed by atoms with Crippen LogP contribution in [-0.4, -0.2) is 11.3 Å². The van der Waals surface area contributed by atoms with Crippen LogP contribution in [0.2, 0.25) is 0 Å². The summed E-state index contributed by atoms with van der Waals surface area (Å²) in [5, 5.41) is 8.40. The molecule has 0 aliphatic carbocycles. The molecule has 1 nitrogen and oxygen atoms in total. The van der Waals surface area contributed by atoms with Gasteiger partial charge >= 0.3 is 0 Å². The van der Waals surface area contributed by atoms with Gasteiger partial charge in [-0.25, -0.2) is 0 Å². The van der Waals surface area contributed by atoms with Gasteiger partial charge in [0.1, 0.15) is 0 Å². The van der Waals surface area contributed by atoms with Crippen LogP contribution in [0.15, 0.2) is 12.1 Å². The van der Waals surface area contributed by atoms with Crippen molar-refractivity contribution >= 4 is 16.8 Å². The number of thioether (sulfide) groups is 1. The van der Waals surface area contributed by atoms with Crippen LogP contribution in [0, 0.1) is 26.2 Å². The van der Waals surface area contributed by atoms with E-state index in [-0.39, 0.29) is 0 Å². The Morgan fingerprint density at radius 1 is 1.15 bits per heavy atom. The van der Waals surface area contributed by atoms with E-state index >= 15 is 0 Å². The lowest BCUT2D eigenvalue weighted by Gasteiger charge is -2.10. The molecule has 0 spiro atoms. The van der Waals surface area contributed by atoms with Crippen molar-refractivity contribution in [3.63, 3.8) is 0 Å². The van der Waals surface area contributed by atoms with Gasteiger partial charge in [0.2, 0.25) is 0 Å². The molecule has 70 valence electrons. The van der Waals surface area contributed by atoms with Crippen molar-refractivity contribution in [1.29, 1.82) is 5.41 Å². The average Bonchev–Trinajstić information content (AvgIpc) is 2.13. The topological polar surface area (TPSA) is 23.9 Å². The largest absolute Gasteiger partial charge is 0.293 e. The second kappa shape index (κ2) is 3.97. The Labute approximate surface area is 84.1 Å². The van der Waals surface area contributed by atoms with Crippen molar-refractivity contribution in [2.24, 2.45) is 0 Å². The summed E-state index contributed by atoms with van der Waals surface area (Å²) < 4.78 is 0. The number of hydrogen-bond acceptors (Lipinski definition) is 2. The minimum absolute atomic E-state index is 0.653. The fraction of sp³-hybridized carbons (Fsp3) is 0.364. The number of hydrogen-bond donors (Lipinski definition) is 1. The Balaban J connectivity index is 3.26. The molecular weight excluding hydrogens is 178 g/mol. The molecule has 1 aromatic carbocycles. The average molecular weight is 193 g/mol. The van der Waals surface area contributed by atoms with E-state index in [4.69, 9.17) is 5.41 Å². The molecule has 0 radical (unpaired) electrons. The summed E-state index contributed by atoms with van der Waals surface area (Å²) >= 11 is 1.49. The summed E-state index contributed by atoms with van der Waals surface area (Å²) in [5.41, 5.74) is 4.90. The standard InChI is InChI=1S/C11H15NS/c1-7-5-6-10(11(12)13-4)9(3)8(7)2/h5-6,12H,1-4H3. The first-order chi connectivity index (χ1) is 6.07. The van der Waals surface area contributed by atoms with Gasteiger partial charge in [0.25, 0.3) is 0 Å². The van der Waals surface area contributed by atoms with E-state index in [1.807, 2.05) is 12.3 Å². The van der Waals surface area contributed by atoms with Crippen LogP contribution in [0.1, 0.15) is 22.3 Å². The Morgan fingerprint density at radius 3 is 2.31 bits per heavy atom. The lowest BCUT2D eigenvalue weighted by molar-refractivity contribution is 1.25. The predicted octanol–water partition coefficient (Wildman–Crippen LogP) is 3.30. The van der Waals surface area contributed by atoms with E-state index in [2.05, 4.69) is 26.8 Å². The highest BCUT2D eigenvalue weighted by molar-refractivity contribution is 8.13. The highest BCUT2D eigenvalue weighted by Gasteiger charge is 2.06. The Morgan fingerprint density at radius 2 is 1.77 bits per heavy atom. The summed E-state index contributed by atoms with van der Waals surface area (Å²) in [7, 11) is 0. The van der Waals surface area contributed by atoms with Crippen molar-refractivity contribution in [2.45, 2.75) is 20.8 Å². The van der Waals surface area contributed by atoms with Crippen LogP contribution in [0.3, 0.4) is 0 Å². The molecule has 0 amide bonds. The van der Waals surface area contributed by atoms with Gasteiger partial charge in [-0.05, 0) is 43.7 Å². The number of aryl methyl sites for hydroxylation is 1. The second-order valence-electron chi connectivity index (χ2n) is 3.21. The van der Waals surface area contributed by atoms with Crippen molar-refractivity contribution in [2.75, 3.05) is 6.26 Å². The molecule has 0 fully saturated rings. The first-order valence-corrected chi connectivity index (χ1v) is 5.50. The molecule has 0 saturated carbocycles. The Bertz CT molecular complexity index is 342. The molecule has 13 heavy (non-hydrogen) atoms. The molecule has 0 aliphatic rings. The van der Waals surface area contributed by atoms with Gasteiger partial charge in [-0.1, -0.05) is 12.1 Å². The van der Waals surface area contributed by atoms with Crippen molar-refractivity contribution in [1.82, 2.24) is 0 Å². The van der Waals surface area contributed by atoms with Gasteiger partial charge in [-0.15, -0.1) is 11.8 Å². The molecule has 0 unspecified atom stereocenters. The molecular formula is C11H15NS. The predicted molar refractivity (Wildman–Crippen MR) is 61.0 cm³/mol. The maximum absolute atomic E-state index is 7.75. The van der Waals surface area contributed by atoms with Gasteiger partial charge < -0.3 is 0 Å². The van der Waals surface area contributed by atoms with Gasteiger partial charge in [-0.2, -0.15) is 0 Å². The van der Waals surface area contributed by atoms with Gasteiger partial charge in [0.15, 0.2) is 0 Å². The third kappa shape index (κ3) is 1.94. The van der Waals surface area contributed by atoms with Crippen LogP contribution < -0.4 is 0 Å². The minimum Gasteiger partial charge on any atom is -0.293 e. The van der Waals surface area contributed by atoms with E-state index in [0.717, 1.165) is 5.56 Å². The van der Waals surface area contributed by atoms with E-state index in [1.54, 1.807) is 0 Å². The number of benzene rings is 1. The normalized spacial score (nSPS) is 10.2. The molecule has 0 bridgehead atoms. The summed E-state index contributed by atoms with van der Waals surface area (Å²) in [5.74, 6) is 0. The molecule has 0 aromatic heterocycles. The maximum Gasteiger partial charge on any atom is 0.0942 e. The van der Waals surface area contributed by atoms with Crippen molar-refractivity contribution in [3.05, 3.63) is 34.4 Å². The summed E-state index contributed by atoms with van der Waals surface area (Å²) in [6.07, 6.45) is 1.94. The zero-order valence-corrected chi connectivity index (χ0v) is 9.38. The van der Waals surface area contributed by atoms with Crippen LogP contribution in [0.25, 0.3) is 0 Å². The Kier molecular flexibility index (Phi) is 3.15. The highest BCUT2D eigenvalue weighted by Crippen LogP contribution is 2.20. The summed E-state index contributed by atoms with van der Waals surface area (Å²) in [6, 6.07) is 4.12. The zero-order chi connectivity index (χ0) is 10.0. The zero-order valence-electron chi connectivity index (χ0n) is 8.56.